The molecule has 158 valence electrons. The molecule has 0 aromatic heterocycles. The molecule has 0 unspecified atom stereocenters. The van der Waals surface area contributed by atoms with Crippen molar-refractivity contribution in [3.8, 4) is 11.5 Å². The topological polar surface area (TPSA) is 85.3 Å². The molecule has 1 heterocycles. The SMILES string of the molecule is COc1ccc(O[C@H]2O[C@@H](C(=O)O)[C@H](c3ccccc3)N2C(=O)c2ccccc2)cc1. The molecule has 3 atom stereocenters. The van der Waals surface area contributed by atoms with E-state index in [4.69, 9.17) is 14.2 Å². The molecule has 7 nitrogen and oxygen atoms in total. The quantitative estimate of drug-likeness (QED) is 0.655. The Morgan fingerprint density at radius 1 is 0.871 bits per heavy atom. The molecule has 1 N–H and O–H groups in total. The van der Waals surface area contributed by atoms with Crippen molar-refractivity contribution in [1.29, 1.82) is 0 Å². The Labute approximate surface area is 179 Å². The van der Waals surface area contributed by atoms with Gasteiger partial charge in [-0.3, -0.25) is 9.69 Å². The van der Waals surface area contributed by atoms with Crippen molar-refractivity contribution in [1.82, 2.24) is 4.90 Å². The smallest absolute Gasteiger partial charge is 0.335 e. The molecular formula is C24H21NO6. The molecule has 1 fully saturated rings. The molecule has 0 bridgehead atoms. The van der Waals surface area contributed by atoms with Crippen LogP contribution in [0.15, 0.2) is 84.9 Å². The maximum atomic E-state index is 13.5. The summed E-state index contributed by atoms with van der Waals surface area (Å²) in [5.74, 6) is -0.519. The van der Waals surface area contributed by atoms with Crippen molar-refractivity contribution in [2.75, 3.05) is 7.11 Å². The normalized spacial score (nSPS) is 20.3. The number of benzene rings is 3. The summed E-state index contributed by atoms with van der Waals surface area (Å²) in [6.45, 7) is 0. The predicted octanol–water partition coefficient (Wildman–Crippen LogP) is 3.72. The van der Waals surface area contributed by atoms with Crippen molar-refractivity contribution in [2.45, 2.75) is 18.6 Å². The van der Waals surface area contributed by atoms with Crippen LogP contribution < -0.4 is 9.47 Å². The summed E-state index contributed by atoms with van der Waals surface area (Å²) >= 11 is 0. The van der Waals surface area contributed by atoms with Crippen LogP contribution in [-0.2, 0) is 9.53 Å². The monoisotopic (exact) mass is 419 g/mol. The molecule has 3 aromatic rings. The van der Waals surface area contributed by atoms with Crippen LogP contribution in [0, 0.1) is 0 Å². The summed E-state index contributed by atoms with van der Waals surface area (Å²) in [5, 5.41) is 9.83. The van der Waals surface area contributed by atoms with E-state index in [-0.39, 0.29) is 0 Å². The Hall–Kier alpha value is -3.84. The summed E-state index contributed by atoms with van der Waals surface area (Å²) in [7, 11) is 1.55. The number of nitrogens with zero attached hydrogens (tertiary/aromatic N) is 1. The Morgan fingerprint density at radius 3 is 2.03 bits per heavy atom. The van der Waals surface area contributed by atoms with E-state index < -0.39 is 30.4 Å². The Morgan fingerprint density at radius 2 is 1.45 bits per heavy atom. The fourth-order valence-corrected chi connectivity index (χ4v) is 3.53. The number of rotatable bonds is 6. The molecule has 7 heteroatoms. The van der Waals surface area contributed by atoms with Gasteiger partial charge in [0.2, 0.25) is 0 Å². The van der Waals surface area contributed by atoms with Crippen LogP contribution in [0.5, 0.6) is 11.5 Å². The van der Waals surface area contributed by atoms with Gasteiger partial charge < -0.3 is 19.3 Å². The van der Waals surface area contributed by atoms with Crippen LogP contribution >= 0.6 is 0 Å². The first-order valence-electron chi connectivity index (χ1n) is 9.70. The van der Waals surface area contributed by atoms with Crippen molar-refractivity contribution in [3.63, 3.8) is 0 Å². The van der Waals surface area contributed by atoms with Gasteiger partial charge >= 0.3 is 5.97 Å². The van der Waals surface area contributed by atoms with E-state index in [1.54, 1.807) is 86.0 Å². The van der Waals surface area contributed by atoms with Crippen LogP contribution in [0.25, 0.3) is 0 Å². The van der Waals surface area contributed by atoms with Gasteiger partial charge in [-0.2, -0.15) is 0 Å². The van der Waals surface area contributed by atoms with Gasteiger partial charge in [-0.1, -0.05) is 48.5 Å². The molecule has 0 spiro atoms. The van der Waals surface area contributed by atoms with Gasteiger partial charge in [0.1, 0.15) is 17.5 Å². The van der Waals surface area contributed by atoms with Gasteiger partial charge in [-0.15, -0.1) is 0 Å². The van der Waals surface area contributed by atoms with Crippen LogP contribution in [0.4, 0.5) is 0 Å². The first-order valence-corrected chi connectivity index (χ1v) is 9.70. The van der Waals surface area contributed by atoms with E-state index in [0.717, 1.165) is 0 Å². The van der Waals surface area contributed by atoms with E-state index >= 15 is 0 Å². The zero-order chi connectivity index (χ0) is 21.8. The van der Waals surface area contributed by atoms with Gasteiger partial charge in [0, 0.05) is 5.56 Å². The van der Waals surface area contributed by atoms with E-state index in [0.29, 0.717) is 22.6 Å². The molecule has 3 aromatic carbocycles. The van der Waals surface area contributed by atoms with Crippen LogP contribution in [0.1, 0.15) is 22.0 Å². The lowest BCUT2D eigenvalue weighted by Crippen LogP contribution is -2.41. The number of ether oxygens (including phenoxy) is 3. The van der Waals surface area contributed by atoms with E-state index in [1.807, 2.05) is 6.07 Å². The standard InChI is InChI=1S/C24H21NO6/c1-29-18-12-14-19(15-13-18)30-24-25(22(26)17-10-6-3-7-11-17)20(21(31-24)23(27)28)16-8-4-2-5-9-16/h2-15,20-21,24H,1H3,(H,27,28)/t20-,21+,24-/m0/s1. The second-order valence-corrected chi connectivity index (χ2v) is 6.93. The van der Waals surface area contributed by atoms with Crippen LogP contribution in [0.3, 0.4) is 0 Å². The molecule has 1 amide bonds. The van der Waals surface area contributed by atoms with Crippen molar-refractivity contribution >= 4 is 11.9 Å². The number of carboxylic acids is 1. The minimum absolute atomic E-state index is 0.392. The third kappa shape index (κ3) is 4.22. The highest BCUT2D eigenvalue weighted by atomic mass is 16.7. The van der Waals surface area contributed by atoms with Gasteiger partial charge in [0.05, 0.1) is 7.11 Å². The molecule has 1 aliphatic heterocycles. The van der Waals surface area contributed by atoms with Gasteiger partial charge in [-0.25, -0.2) is 4.79 Å². The lowest BCUT2D eigenvalue weighted by Gasteiger charge is -2.28. The Kier molecular flexibility index (Phi) is 5.86. The number of carboxylic acid groups (broad SMARTS) is 1. The molecule has 0 aliphatic carbocycles. The van der Waals surface area contributed by atoms with Gasteiger partial charge in [-0.05, 0) is 42.0 Å². The average Bonchev–Trinajstić information content (AvgIpc) is 3.19. The molecule has 1 aliphatic rings. The Balaban J connectivity index is 1.74. The second kappa shape index (κ2) is 8.89. The number of aliphatic carboxylic acids is 1. The van der Waals surface area contributed by atoms with E-state index in [1.165, 1.54) is 4.90 Å². The highest BCUT2D eigenvalue weighted by molar-refractivity contribution is 5.95. The Bertz CT molecular complexity index is 1040. The van der Waals surface area contributed by atoms with Crippen molar-refractivity contribution in [2.24, 2.45) is 0 Å². The maximum Gasteiger partial charge on any atom is 0.335 e. The number of methoxy groups -OCH3 is 1. The predicted molar refractivity (Wildman–Crippen MR) is 112 cm³/mol. The fraction of sp³-hybridized carbons (Fsp3) is 0.167. The molecular weight excluding hydrogens is 398 g/mol. The second-order valence-electron chi connectivity index (χ2n) is 6.93. The van der Waals surface area contributed by atoms with E-state index in [9.17, 15) is 14.7 Å². The van der Waals surface area contributed by atoms with Crippen molar-refractivity contribution in [3.05, 3.63) is 96.1 Å². The minimum Gasteiger partial charge on any atom is -0.497 e. The third-order valence-electron chi connectivity index (χ3n) is 5.01. The minimum atomic E-state index is -1.29. The van der Waals surface area contributed by atoms with Crippen molar-refractivity contribution < 1.29 is 28.9 Å². The zero-order valence-corrected chi connectivity index (χ0v) is 16.8. The summed E-state index contributed by atoms with van der Waals surface area (Å²) < 4.78 is 16.8. The molecule has 1 saturated heterocycles. The highest BCUT2D eigenvalue weighted by Gasteiger charge is 2.50. The summed E-state index contributed by atoms with van der Waals surface area (Å²) in [4.78, 5) is 26.8. The first kappa shape index (κ1) is 20.4. The average molecular weight is 419 g/mol. The first-order chi connectivity index (χ1) is 15.1. The lowest BCUT2D eigenvalue weighted by molar-refractivity contribution is -0.162. The third-order valence-corrected chi connectivity index (χ3v) is 5.01. The number of hydrogen-bond donors (Lipinski definition) is 1. The zero-order valence-electron chi connectivity index (χ0n) is 16.8. The van der Waals surface area contributed by atoms with Crippen LogP contribution in [0.2, 0.25) is 0 Å². The fourth-order valence-electron chi connectivity index (χ4n) is 3.53. The number of hydrogen-bond acceptors (Lipinski definition) is 5. The van der Waals surface area contributed by atoms with Gasteiger partial charge in [0.25, 0.3) is 12.3 Å². The molecule has 0 radical (unpaired) electrons. The summed E-state index contributed by atoms with van der Waals surface area (Å²) in [6, 6.07) is 23.4. The largest absolute Gasteiger partial charge is 0.497 e. The van der Waals surface area contributed by atoms with E-state index in [2.05, 4.69) is 0 Å². The van der Waals surface area contributed by atoms with Crippen LogP contribution in [-0.4, -0.2) is 41.5 Å². The maximum absolute atomic E-state index is 13.5. The number of carbonyl (C=O) groups excluding carboxylic acids is 1. The molecule has 4 rings (SSSR count). The van der Waals surface area contributed by atoms with Gasteiger partial charge in [0.15, 0.2) is 6.10 Å². The number of amides is 1. The summed E-state index contributed by atoms with van der Waals surface area (Å²) in [5.41, 5.74) is 1.04. The molecule has 31 heavy (non-hydrogen) atoms. The number of carbonyl (C=O) groups is 2. The highest BCUT2D eigenvalue weighted by Crippen LogP contribution is 2.38. The molecule has 0 saturated carbocycles. The lowest BCUT2D eigenvalue weighted by atomic mass is 10.00. The summed E-state index contributed by atoms with van der Waals surface area (Å²) in [6.07, 6.45) is -2.52.